The van der Waals surface area contributed by atoms with Crippen molar-refractivity contribution in [3.63, 3.8) is 0 Å². The van der Waals surface area contributed by atoms with Crippen LogP contribution in [0.1, 0.15) is 54.4 Å². The van der Waals surface area contributed by atoms with E-state index in [4.69, 9.17) is 4.74 Å². The number of ether oxygens (including phenoxy) is 1. The first-order valence-electron chi connectivity index (χ1n) is 11.6. The minimum Gasteiger partial charge on any atom is -0.474 e. The van der Waals surface area contributed by atoms with Gasteiger partial charge in [-0.25, -0.2) is 15.0 Å². The molecule has 4 aromatic heterocycles. The average molecular weight is 446 g/mol. The van der Waals surface area contributed by atoms with Crippen LogP contribution in [0.2, 0.25) is 0 Å². The van der Waals surface area contributed by atoms with Crippen LogP contribution in [0.15, 0.2) is 48.9 Å². The number of anilines is 1. The molecule has 0 amide bonds. The van der Waals surface area contributed by atoms with Crippen molar-refractivity contribution in [1.29, 1.82) is 0 Å². The Morgan fingerprint density at radius 1 is 1.09 bits per heavy atom. The lowest BCUT2D eigenvalue weighted by Crippen LogP contribution is -2.21. The van der Waals surface area contributed by atoms with Gasteiger partial charge in [0, 0.05) is 48.1 Å². The summed E-state index contributed by atoms with van der Waals surface area (Å²) >= 11 is 0. The second kappa shape index (κ2) is 9.57. The Kier molecular flexibility index (Phi) is 6.19. The summed E-state index contributed by atoms with van der Waals surface area (Å²) in [4.78, 5) is 16.1. The molecule has 0 aromatic carbocycles. The van der Waals surface area contributed by atoms with Gasteiger partial charge in [0.05, 0.1) is 0 Å². The summed E-state index contributed by atoms with van der Waals surface area (Å²) in [5.74, 6) is 0.664. The molecule has 0 atom stereocenters. The summed E-state index contributed by atoms with van der Waals surface area (Å²) in [6.45, 7) is 2.47. The number of pyridine rings is 3. The third kappa shape index (κ3) is 4.97. The summed E-state index contributed by atoms with van der Waals surface area (Å²) in [6, 6.07) is 9.54. The van der Waals surface area contributed by atoms with Gasteiger partial charge in [-0.3, -0.25) is 0 Å². The number of nitrogens with zero attached hydrogens (tertiary/aromatic N) is 3. The average Bonchev–Trinajstić information content (AvgIpc) is 3.22. The lowest BCUT2D eigenvalue weighted by atomic mass is 9.98. The molecule has 6 nitrogen and oxygen atoms in total. The Morgan fingerprint density at radius 2 is 1.97 bits per heavy atom. The number of hydrogen-bond acceptors (Lipinski definition) is 5. The molecule has 0 radical (unpaired) electrons. The summed E-state index contributed by atoms with van der Waals surface area (Å²) < 4.78 is 21.0. The van der Waals surface area contributed by atoms with Crippen LogP contribution in [0.3, 0.4) is 0 Å². The Hall–Kier alpha value is -3.48. The second-order valence-electron chi connectivity index (χ2n) is 8.75. The molecule has 170 valence electrons. The van der Waals surface area contributed by atoms with Gasteiger partial charge < -0.3 is 15.0 Å². The Bertz CT molecular complexity index is 1250. The molecule has 7 heteroatoms. The lowest BCUT2D eigenvalue weighted by Gasteiger charge is -2.23. The van der Waals surface area contributed by atoms with E-state index in [9.17, 15) is 4.39 Å². The highest BCUT2D eigenvalue weighted by Gasteiger charge is 2.17. The molecule has 33 heavy (non-hydrogen) atoms. The van der Waals surface area contributed by atoms with E-state index in [1.165, 1.54) is 19.3 Å². The molecule has 0 saturated heterocycles. The molecule has 1 aliphatic carbocycles. The van der Waals surface area contributed by atoms with Crippen molar-refractivity contribution < 1.29 is 9.13 Å². The molecule has 0 unspecified atom stereocenters. The van der Waals surface area contributed by atoms with Gasteiger partial charge in [0.15, 0.2) is 0 Å². The first-order chi connectivity index (χ1) is 16.2. The highest BCUT2D eigenvalue weighted by Crippen LogP contribution is 2.25. The minimum atomic E-state index is -0.472. The van der Waals surface area contributed by atoms with Crippen LogP contribution in [0.25, 0.3) is 11.0 Å². The van der Waals surface area contributed by atoms with Gasteiger partial charge in [-0.05, 0) is 61.9 Å². The van der Waals surface area contributed by atoms with Gasteiger partial charge in [0.1, 0.15) is 17.6 Å². The van der Waals surface area contributed by atoms with E-state index in [2.05, 4.69) is 31.3 Å². The van der Waals surface area contributed by atoms with Crippen molar-refractivity contribution in [2.45, 2.75) is 58.1 Å². The number of aryl methyl sites for hydroxylation is 1. The van der Waals surface area contributed by atoms with Crippen LogP contribution in [0.5, 0.6) is 5.88 Å². The third-order valence-electron chi connectivity index (χ3n) is 6.20. The number of aromatic amines is 1. The predicted molar refractivity (Wildman–Crippen MR) is 127 cm³/mol. The fourth-order valence-electron chi connectivity index (χ4n) is 4.40. The SMILES string of the molecule is Cc1cnc2[nH]cc(Cc3ccc(NCc4cccnc4OC4CCCCC4)nc3F)c2c1. The van der Waals surface area contributed by atoms with Crippen molar-refractivity contribution >= 4 is 16.9 Å². The highest BCUT2D eigenvalue weighted by molar-refractivity contribution is 5.80. The highest BCUT2D eigenvalue weighted by atomic mass is 19.1. The normalized spacial score (nSPS) is 14.5. The number of rotatable bonds is 7. The van der Waals surface area contributed by atoms with Gasteiger partial charge in [0.25, 0.3) is 0 Å². The fraction of sp³-hybridized carbons (Fsp3) is 0.346. The summed E-state index contributed by atoms with van der Waals surface area (Å²) in [5.41, 5.74) is 4.37. The Balaban J connectivity index is 1.26. The van der Waals surface area contributed by atoms with Crippen molar-refractivity contribution in [1.82, 2.24) is 19.9 Å². The third-order valence-corrected chi connectivity index (χ3v) is 6.20. The van der Waals surface area contributed by atoms with E-state index in [-0.39, 0.29) is 6.10 Å². The van der Waals surface area contributed by atoms with E-state index in [1.807, 2.05) is 37.5 Å². The van der Waals surface area contributed by atoms with Crippen molar-refractivity contribution in [3.8, 4) is 5.88 Å². The van der Waals surface area contributed by atoms with Crippen LogP contribution in [-0.4, -0.2) is 26.0 Å². The largest absolute Gasteiger partial charge is 0.474 e. The number of hydrogen-bond donors (Lipinski definition) is 2. The number of fused-ring (bicyclic) bond motifs is 1. The van der Waals surface area contributed by atoms with E-state index in [0.717, 1.165) is 40.6 Å². The minimum absolute atomic E-state index is 0.228. The molecule has 1 saturated carbocycles. The van der Waals surface area contributed by atoms with Crippen LogP contribution >= 0.6 is 0 Å². The maximum Gasteiger partial charge on any atom is 0.218 e. The summed E-state index contributed by atoms with van der Waals surface area (Å²) in [7, 11) is 0. The smallest absolute Gasteiger partial charge is 0.218 e. The molecular weight excluding hydrogens is 417 g/mol. The summed E-state index contributed by atoms with van der Waals surface area (Å²) in [5, 5.41) is 4.23. The van der Waals surface area contributed by atoms with Gasteiger partial charge in [-0.2, -0.15) is 4.39 Å². The molecular formula is C26H28FN5O. The van der Waals surface area contributed by atoms with Gasteiger partial charge in [-0.15, -0.1) is 0 Å². The topological polar surface area (TPSA) is 75.7 Å². The quantitative estimate of drug-likeness (QED) is 0.356. The lowest BCUT2D eigenvalue weighted by molar-refractivity contribution is 0.147. The van der Waals surface area contributed by atoms with Crippen molar-refractivity contribution in [2.75, 3.05) is 5.32 Å². The van der Waals surface area contributed by atoms with E-state index < -0.39 is 5.95 Å². The zero-order chi connectivity index (χ0) is 22.6. The van der Waals surface area contributed by atoms with Crippen molar-refractivity contribution in [3.05, 3.63) is 77.1 Å². The molecule has 5 rings (SSSR count). The van der Waals surface area contributed by atoms with Crippen LogP contribution in [-0.2, 0) is 13.0 Å². The zero-order valence-corrected chi connectivity index (χ0v) is 18.8. The van der Waals surface area contributed by atoms with Crippen molar-refractivity contribution in [2.24, 2.45) is 0 Å². The van der Waals surface area contributed by atoms with Gasteiger partial charge in [0.2, 0.25) is 11.8 Å². The number of halogens is 1. The van der Waals surface area contributed by atoms with Crippen LogP contribution < -0.4 is 10.1 Å². The second-order valence-corrected chi connectivity index (χ2v) is 8.75. The first-order valence-corrected chi connectivity index (χ1v) is 11.6. The first kappa shape index (κ1) is 21.4. The monoisotopic (exact) mass is 445 g/mol. The number of nitrogens with one attached hydrogen (secondary N) is 2. The van der Waals surface area contributed by atoms with Gasteiger partial charge >= 0.3 is 0 Å². The summed E-state index contributed by atoms with van der Waals surface area (Å²) in [6.07, 6.45) is 12.0. The van der Waals surface area contributed by atoms with E-state index in [0.29, 0.717) is 30.2 Å². The molecule has 2 N–H and O–H groups in total. The zero-order valence-electron chi connectivity index (χ0n) is 18.8. The van der Waals surface area contributed by atoms with E-state index in [1.54, 1.807) is 12.3 Å². The molecule has 1 fully saturated rings. The molecule has 1 aliphatic rings. The molecule has 4 heterocycles. The predicted octanol–water partition coefficient (Wildman–Crippen LogP) is 5.71. The Morgan fingerprint density at radius 3 is 2.82 bits per heavy atom. The molecule has 0 aliphatic heterocycles. The maximum atomic E-state index is 14.8. The van der Waals surface area contributed by atoms with Crippen LogP contribution in [0, 0.1) is 12.9 Å². The maximum absolute atomic E-state index is 14.8. The van der Waals surface area contributed by atoms with E-state index >= 15 is 0 Å². The Labute approximate surface area is 192 Å². The molecule has 4 aromatic rings. The molecule has 0 bridgehead atoms. The molecule has 0 spiro atoms. The van der Waals surface area contributed by atoms with Gasteiger partial charge in [-0.1, -0.05) is 18.6 Å². The van der Waals surface area contributed by atoms with Crippen LogP contribution in [0.4, 0.5) is 10.2 Å². The standard InChI is InChI=1S/C26H28FN5O/c1-17-12-22-20(16-31-25(22)30-14-17)13-18-9-10-23(32-24(18)27)29-15-19-6-5-11-28-26(19)33-21-7-3-2-4-8-21/h5-6,9-12,14,16,21H,2-4,7-8,13,15H2,1H3,(H,29,32)(H,30,31). The fourth-order valence-corrected chi connectivity index (χ4v) is 4.40. The number of aromatic nitrogens is 4. The number of H-pyrrole nitrogens is 1.